The van der Waals surface area contributed by atoms with Crippen molar-refractivity contribution in [1.82, 2.24) is 5.43 Å². The van der Waals surface area contributed by atoms with Crippen LogP contribution in [0.1, 0.15) is 18.1 Å². The van der Waals surface area contributed by atoms with E-state index in [-0.39, 0.29) is 5.71 Å². The zero-order chi connectivity index (χ0) is 12.7. The van der Waals surface area contributed by atoms with E-state index in [9.17, 15) is 9.90 Å². The number of carboxylic acids is 1. The smallest absolute Gasteiger partial charge is 0.0873 e. The number of carbonyl (C=O) groups is 1. The minimum absolute atomic E-state index is 0.0612. The average molecular weight is 231 g/mol. The molecule has 1 aromatic carbocycles. The van der Waals surface area contributed by atoms with E-state index in [4.69, 9.17) is 0 Å². The first-order valence-electron chi connectivity index (χ1n) is 5.31. The number of aryl methyl sites for hydroxylation is 1. The zero-order valence-corrected chi connectivity index (χ0v) is 9.93. The van der Waals surface area contributed by atoms with Gasteiger partial charge in [0.15, 0.2) is 0 Å². The zero-order valence-electron chi connectivity index (χ0n) is 9.93. The number of hydrazone groups is 1. The number of hydrogen-bond acceptors (Lipinski definition) is 4. The Morgan fingerprint density at radius 2 is 2.29 bits per heavy atom. The maximum Gasteiger partial charge on any atom is 0.0873 e. The lowest BCUT2D eigenvalue weighted by Crippen LogP contribution is -2.31. The molecule has 0 bridgehead atoms. The van der Waals surface area contributed by atoms with Gasteiger partial charge in [0.25, 0.3) is 0 Å². The summed E-state index contributed by atoms with van der Waals surface area (Å²) >= 11 is 0. The summed E-state index contributed by atoms with van der Waals surface area (Å²) in [6.45, 7) is 3.88. The molecule has 0 aromatic heterocycles. The van der Waals surface area contributed by atoms with Crippen LogP contribution in [0.2, 0.25) is 0 Å². The molecule has 0 aliphatic heterocycles. The Bertz CT molecular complexity index is 450. The van der Waals surface area contributed by atoms with Crippen LogP contribution in [0.15, 0.2) is 35.4 Å². The van der Waals surface area contributed by atoms with Crippen LogP contribution in [0.5, 0.6) is 0 Å². The van der Waals surface area contributed by atoms with Gasteiger partial charge in [-0.3, -0.25) is 0 Å². The molecule has 0 heterocycles. The molecule has 0 fully saturated rings. The van der Waals surface area contributed by atoms with E-state index < -0.39 is 5.97 Å². The predicted octanol–water partition coefficient (Wildman–Crippen LogP) is 0.724. The van der Waals surface area contributed by atoms with Gasteiger partial charge >= 0.3 is 0 Å². The highest BCUT2D eigenvalue weighted by molar-refractivity contribution is 6.33. The molecule has 0 radical (unpaired) electrons. The summed E-state index contributed by atoms with van der Waals surface area (Å²) in [5.41, 5.74) is 4.87. The number of rotatable bonds is 5. The van der Waals surface area contributed by atoms with Crippen LogP contribution in [-0.2, 0) is 4.79 Å². The van der Waals surface area contributed by atoms with Gasteiger partial charge < -0.3 is 15.3 Å². The van der Waals surface area contributed by atoms with Crippen molar-refractivity contribution in [1.29, 1.82) is 0 Å². The molecule has 0 spiro atoms. The fourth-order valence-corrected chi connectivity index (χ4v) is 1.23. The molecule has 1 rings (SSSR count). The maximum absolute atomic E-state index is 10.3. The summed E-state index contributed by atoms with van der Waals surface area (Å²) in [4.78, 5) is 10.3. The molecule has 17 heavy (non-hydrogen) atoms. The Morgan fingerprint density at radius 3 is 2.94 bits per heavy atom. The van der Waals surface area contributed by atoms with E-state index >= 15 is 0 Å². The van der Waals surface area contributed by atoms with Crippen molar-refractivity contribution in [2.75, 3.05) is 6.54 Å². The van der Waals surface area contributed by atoms with Gasteiger partial charge in [-0.1, -0.05) is 42.0 Å². The Morgan fingerprint density at radius 1 is 1.53 bits per heavy atom. The van der Waals surface area contributed by atoms with Gasteiger partial charge in [-0.05, 0) is 19.4 Å². The number of carbonyl (C=O) groups excluding carboxylic acids is 1. The minimum Gasteiger partial charge on any atom is -0.543 e. The number of nitrogens with zero attached hydrogens (tertiary/aromatic N) is 1. The molecule has 90 valence electrons. The molecule has 0 aliphatic carbocycles. The Labute approximate surface area is 101 Å². The van der Waals surface area contributed by atoms with Crippen molar-refractivity contribution >= 4 is 17.8 Å². The molecular formula is C13H15N2O2-. The molecule has 0 aliphatic rings. The molecule has 4 nitrogen and oxygen atoms in total. The summed E-state index contributed by atoms with van der Waals surface area (Å²) in [7, 11) is 0. The highest BCUT2D eigenvalue weighted by atomic mass is 16.4. The largest absolute Gasteiger partial charge is 0.543 e. The Balaban J connectivity index is 2.41. The van der Waals surface area contributed by atoms with Gasteiger partial charge in [0, 0.05) is 0 Å². The topological polar surface area (TPSA) is 64.5 Å². The van der Waals surface area contributed by atoms with Crippen LogP contribution in [-0.4, -0.2) is 18.2 Å². The molecule has 0 amide bonds. The fourth-order valence-electron chi connectivity index (χ4n) is 1.23. The molecule has 0 saturated heterocycles. The van der Waals surface area contributed by atoms with Crippen LogP contribution in [0.25, 0.3) is 6.08 Å². The van der Waals surface area contributed by atoms with Gasteiger partial charge in [0.2, 0.25) is 0 Å². The first-order chi connectivity index (χ1) is 8.09. The van der Waals surface area contributed by atoms with Crippen molar-refractivity contribution in [3.8, 4) is 0 Å². The van der Waals surface area contributed by atoms with Crippen LogP contribution < -0.4 is 10.5 Å². The predicted molar refractivity (Wildman–Crippen MR) is 66.3 cm³/mol. The lowest BCUT2D eigenvalue weighted by molar-refractivity contribution is -0.294. The SMILES string of the molecule is C/C(=N\NC/C=C/c1cccc(C)c1)C(=O)[O-]. The standard InChI is InChI=1S/C13H16N2O2/c1-10-5-3-6-12(9-10)7-4-8-14-15-11(2)13(16)17/h3-7,9,14H,8H2,1-2H3,(H,16,17)/p-1/b7-4+,15-11+. The number of benzene rings is 1. The van der Waals surface area contributed by atoms with E-state index in [0.29, 0.717) is 6.54 Å². The Kier molecular flexibility index (Phi) is 4.94. The number of nitrogens with one attached hydrogen (secondary N) is 1. The summed E-state index contributed by atoms with van der Waals surface area (Å²) in [6, 6.07) is 8.08. The van der Waals surface area contributed by atoms with Gasteiger partial charge in [-0.2, -0.15) is 5.10 Å². The van der Waals surface area contributed by atoms with Crippen molar-refractivity contribution in [2.24, 2.45) is 5.10 Å². The van der Waals surface area contributed by atoms with Crippen LogP contribution in [0.3, 0.4) is 0 Å². The fraction of sp³-hybridized carbons (Fsp3) is 0.231. The quantitative estimate of drug-likeness (QED) is 0.461. The van der Waals surface area contributed by atoms with Gasteiger partial charge in [-0.25, -0.2) is 0 Å². The monoisotopic (exact) mass is 231 g/mol. The Hall–Kier alpha value is -2.10. The van der Waals surface area contributed by atoms with Crippen LogP contribution >= 0.6 is 0 Å². The van der Waals surface area contributed by atoms with Crippen LogP contribution in [0.4, 0.5) is 0 Å². The molecule has 0 unspecified atom stereocenters. The second kappa shape index (κ2) is 6.48. The number of hydrogen-bond donors (Lipinski definition) is 1. The summed E-state index contributed by atoms with van der Waals surface area (Å²) in [5.74, 6) is -1.26. The van der Waals surface area contributed by atoms with Gasteiger partial charge in [0.1, 0.15) is 0 Å². The second-order valence-electron chi connectivity index (χ2n) is 3.66. The maximum atomic E-state index is 10.3. The lowest BCUT2D eigenvalue weighted by atomic mass is 10.1. The highest BCUT2D eigenvalue weighted by Gasteiger charge is 1.89. The van der Waals surface area contributed by atoms with E-state index in [1.807, 2.05) is 37.3 Å². The summed E-state index contributed by atoms with van der Waals surface area (Å²) in [6.07, 6.45) is 3.82. The van der Waals surface area contributed by atoms with Crippen molar-refractivity contribution in [3.63, 3.8) is 0 Å². The first-order valence-corrected chi connectivity index (χ1v) is 5.31. The first kappa shape index (κ1) is 13.0. The van der Waals surface area contributed by atoms with Crippen molar-refractivity contribution in [2.45, 2.75) is 13.8 Å². The highest BCUT2D eigenvalue weighted by Crippen LogP contribution is 2.05. The molecule has 0 atom stereocenters. The lowest BCUT2D eigenvalue weighted by Gasteiger charge is -2.01. The van der Waals surface area contributed by atoms with E-state index in [0.717, 1.165) is 5.56 Å². The number of aliphatic carboxylic acids is 1. The third-order valence-electron chi connectivity index (χ3n) is 2.10. The van der Waals surface area contributed by atoms with Gasteiger partial charge in [0.05, 0.1) is 18.2 Å². The second-order valence-corrected chi connectivity index (χ2v) is 3.66. The van der Waals surface area contributed by atoms with Crippen LogP contribution in [0, 0.1) is 6.92 Å². The molecule has 4 heteroatoms. The van der Waals surface area contributed by atoms with Crippen molar-refractivity contribution in [3.05, 3.63) is 41.5 Å². The third kappa shape index (κ3) is 4.97. The molecule has 1 aromatic rings. The third-order valence-corrected chi connectivity index (χ3v) is 2.10. The molecule has 0 saturated carbocycles. The van der Waals surface area contributed by atoms with E-state index in [1.165, 1.54) is 12.5 Å². The number of carboxylic acid groups (broad SMARTS) is 1. The normalized spacial score (nSPS) is 11.8. The minimum atomic E-state index is -1.26. The molecule has 1 N–H and O–H groups in total. The average Bonchev–Trinajstić information content (AvgIpc) is 2.28. The summed E-state index contributed by atoms with van der Waals surface area (Å²) < 4.78 is 0. The van der Waals surface area contributed by atoms with E-state index in [1.54, 1.807) is 0 Å². The van der Waals surface area contributed by atoms with Crippen molar-refractivity contribution < 1.29 is 9.90 Å². The van der Waals surface area contributed by atoms with Gasteiger partial charge in [-0.15, -0.1) is 0 Å². The summed E-state index contributed by atoms with van der Waals surface area (Å²) in [5, 5.41) is 13.9. The van der Waals surface area contributed by atoms with E-state index in [2.05, 4.69) is 16.6 Å². The molecular weight excluding hydrogens is 216 g/mol.